The maximum absolute atomic E-state index is 11.6. The van der Waals surface area contributed by atoms with Crippen molar-refractivity contribution in [1.29, 1.82) is 0 Å². The summed E-state index contributed by atoms with van der Waals surface area (Å²) in [5.74, 6) is -0.450. The Morgan fingerprint density at radius 1 is 1.38 bits per heavy atom. The predicted octanol–water partition coefficient (Wildman–Crippen LogP) is 1.97. The molecule has 2 amide bonds. The Bertz CT molecular complexity index is 681. The monoisotopic (exact) mass is 304 g/mol. The lowest BCUT2D eigenvalue weighted by atomic mass is 10.1. The average molecular weight is 305 g/mol. The number of aromatic nitrogens is 2. The molecular formula is C14H13ClN4O2. The average Bonchev–Trinajstić information content (AvgIpc) is 2.93. The van der Waals surface area contributed by atoms with Gasteiger partial charge in [0.1, 0.15) is 0 Å². The molecule has 108 valence electrons. The van der Waals surface area contributed by atoms with Crippen LogP contribution in [-0.2, 0) is 9.59 Å². The number of carbonyl (C=O) groups excluding carboxylic acids is 2. The number of nitrogens with zero attached hydrogens (tertiary/aromatic N) is 1. The molecule has 0 unspecified atom stereocenters. The molecule has 0 bridgehead atoms. The first-order chi connectivity index (χ1) is 10.1. The Balaban J connectivity index is 2.01. The van der Waals surface area contributed by atoms with E-state index in [1.807, 2.05) is 18.2 Å². The molecule has 0 aliphatic carbocycles. The Morgan fingerprint density at radius 3 is 2.86 bits per heavy atom. The van der Waals surface area contributed by atoms with E-state index in [0.29, 0.717) is 16.5 Å². The number of H-pyrrole nitrogens is 1. The SMILES string of the molecule is C=CC(=O)NCC(=O)Nc1cc(-c2ccccc2Cl)[nH]n1. The van der Waals surface area contributed by atoms with E-state index in [1.54, 1.807) is 12.1 Å². The van der Waals surface area contributed by atoms with Crippen LogP contribution in [0.15, 0.2) is 43.0 Å². The van der Waals surface area contributed by atoms with Crippen LogP contribution < -0.4 is 10.6 Å². The maximum Gasteiger partial charge on any atom is 0.244 e. The van der Waals surface area contributed by atoms with E-state index in [9.17, 15) is 9.59 Å². The minimum atomic E-state index is -0.413. The number of amides is 2. The first kappa shape index (κ1) is 14.8. The lowest BCUT2D eigenvalue weighted by Crippen LogP contribution is -2.31. The van der Waals surface area contributed by atoms with Gasteiger partial charge in [0.05, 0.1) is 12.2 Å². The van der Waals surface area contributed by atoms with Crippen LogP contribution >= 0.6 is 11.6 Å². The third kappa shape index (κ3) is 3.93. The van der Waals surface area contributed by atoms with Gasteiger partial charge in [-0.05, 0) is 12.1 Å². The van der Waals surface area contributed by atoms with Crippen LogP contribution in [0.3, 0.4) is 0 Å². The quantitative estimate of drug-likeness (QED) is 0.738. The van der Waals surface area contributed by atoms with Crippen LogP contribution in [0, 0.1) is 0 Å². The molecule has 1 aromatic heterocycles. The molecule has 0 saturated heterocycles. The zero-order valence-electron chi connectivity index (χ0n) is 11.0. The van der Waals surface area contributed by atoms with Gasteiger partial charge in [-0.2, -0.15) is 5.10 Å². The number of hydrogen-bond donors (Lipinski definition) is 3. The van der Waals surface area contributed by atoms with Gasteiger partial charge in [0.15, 0.2) is 5.82 Å². The summed E-state index contributed by atoms with van der Waals surface area (Å²) in [6.45, 7) is 3.14. The fraction of sp³-hybridized carbons (Fsp3) is 0.0714. The van der Waals surface area contributed by atoms with Crippen molar-refractivity contribution in [1.82, 2.24) is 15.5 Å². The lowest BCUT2D eigenvalue weighted by molar-refractivity contribution is -0.121. The number of carbonyl (C=O) groups is 2. The number of rotatable bonds is 5. The normalized spacial score (nSPS) is 9.95. The summed E-state index contributed by atoms with van der Waals surface area (Å²) in [5.41, 5.74) is 1.47. The van der Waals surface area contributed by atoms with E-state index >= 15 is 0 Å². The molecule has 1 heterocycles. The van der Waals surface area contributed by atoms with Crippen molar-refractivity contribution in [2.75, 3.05) is 11.9 Å². The molecule has 7 heteroatoms. The van der Waals surface area contributed by atoms with Crippen molar-refractivity contribution in [3.8, 4) is 11.3 Å². The smallest absolute Gasteiger partial charge is 0.244 e. The number of halogens is 1. The van der Waals surface area contributed by atoms with Gasteiger partial charge in [0.25, 0.3) is 0 Å². The van der Waals surface area contributed by atoms with Crippen molar-refractivity contribution in [3.05, 3.63) is 48.0 Å². The van der Waals surface area contributed by atoms with Gasteiger partial charge in [-0.15, -0.1) is 0 Å². The Kier molecular flexibility index (Phi) is 4.73. The van der Waals surface area contributed by atoms with Crippen molar-refractivity contribution in [3.63, 3.8) is 0 Å². The number of benzene rings is 1. The Labute approximate surface area is 126 Å². The second kappa shape index (κ2) is 6.71. The summed E-state index contributed by atoms with van der Waals surface area (Å²) in [6, 6.07) is 8.94. The van der Waals surface area contributed by atoms with Gasteiger partial charge >= 0.3 is 0 Å². The lowest BCUT2D eigenvalue weighted by Gasteiger charge is -2.02. The Hall–Kier alpha value is -2.60. The van der Waals surface area contributed by atoms with E-state index in [2.05, 4.69) is 27.4 Å². The van der Waals surface area contributed by atoms with Gasteiger partial charge in [-0.25, -0.2) is 0 Å². The van der Waals surface area contributed by atoms with Crippen LogP contribution in [0.1, 0.15) is 0 Å². The van der Waals surface area contributed by atoms with Crippen LogP contribution in [0.4, 0.5) is 5.82 Å². The molecule has 1 aromatic carbocycles. The minimum Gasteiger partial charge on any atom is -0.343 e. The summed E-state index contributed by atoms with van der Waals surface area (Å²) in [4.78, 5) is 22.6. The fourth-order valence-corrected chi connectivity index (χ4v) is 1.87. The number of hydrogen-bond acceptors (Lipinski definition) is 3. The third-order valence-corrected chi connectivity index (χ3v) is 2.95. The molecule has 21 heavy (non-hydrogen) atoms. The minimum absolute atomic E-state index is 0.154. The van der Waals surface area contributed by atoms with Crippen LogP contribution in [0.2, 0.25) is 5.02 Å². The van der Waals surface area contributed by atoms with Crippen molar-refractivity contribution in [2.24, 2.45) is 0 Å². The van der Waals surface area contributed by atoms with Crippen molar-refractivity contribution in [2.45, 2.75) is 0 Å². The highest BCUT2D eigenvalue weighted by molar-refractivity contribution is 6.33. The first-order valence-corrected chi connectivity index (χ1v) is 6.48. The predicted molar refractivity (Wildman–Crippen MR) is 80.9 cm³/mol. The van der Waals surface area contributed by atoms with Gasteiger partial charge in [-0.1, -0.05) is 36.4 Å². The standard InChI is InChI=1S/C14H13ClN4O2/c1-2-13(20)16-8-14(21)17-12-7-11(18-19-12)9-5-3-4-6-10(9)15/h2-7H,1,8H2,(H,16,20)(H2,17,18,19,21). The van der Waals surface area contributed by atoms with Crippen LogP contribution in [0.5, 0.6) is 0 Å². The van der Waals surface area contributed by atoms with Gasteiger partial charge in [-0.3, -0.25) is 14.7 Å². The second-order valence-electron chi connectivity index (χ2n) is 4.12. The highest BCUT2D eigenvalue weighted by Crippen LogP contribution is 2.27. The fourth-order valence-electron chi connectivity index (χ4n) is 1.63. The van der Waals surface area contributed by atoms with E-state index in [-0.39, 0.29) is 12.5 Å². The molecule has 0 radical (unpaired) electrons. The molecule has 3 N–H and O–H groups in total. The summed E-state index contributed by atoms with van der Waals surface area (Å²) >= 11 is 6.08. The number of anilines is 1. The molecule has 2 aromatic rings. The molecule has 6 nitrogen and oxygen atoms in total. The molecule has 0 saturated carbocycles. The molecular weight excluding hydrogens is 292 g/mol. The van der Waals surface area contributed by atoms with Crippen molar-refractivity contribution >= 4 is 29.2 Å². The highest BCUT2D eigenvalue weighted by Gasteiger charge is 2.09. The molecule has 0 fully saturated rings. The Morgan fingerprint density at radius 2 is 2.14 bits per heavy atom. The summed E-state index contributed by atoms with van der Waals surface area (Å²) < 4.78 is 0. The third-order valence-electron chi connectivity index (χ3n) is 2.62. The van der Waals surface area contributed by atoms with E-state index in [1.165, 1.54) is 0 Å². The molecule has 2 rings (SSSR count). The molecule has 0 atom stereocenters. The van der Waals surface area contributed by atoms with Gasteiger partial charge in [0.2, 0.25) is 11.8 Å². The maximum atomic E-state index is 11.6. The largest absolute Gasteiger partial charge is 0.343 e. The van der Waals surface area contributed by atoms with Crippen LogP contribution in [-0.4, -0.2) is 28.6 Å². The second-order valence-corrected chi connectivity index (χ2v) is 4.52. The zero-order chi connectivity index (χ0) is 15.2. The number of nitrogens with one attached hydrogen (secondary N) is 3. The molecule has 0 aliphatic rings. The first-order valence-electron chi connectivity index (χ1n) is 6.10. The van der Waals surface area contributed by atoms with Crippen LogP contribution in [0.25, 0.3) is 11.3 Å². The topological polar surface area (TPSA) is 86.9 Å². The highest BCUT2D eigenvalue weighted by atomic mass is 35.5. The van der Waals surface area contributed by atoms with Crippen molar-refractivity contribution < 1.29 is 9.59 Å². The van der Waals surface area contributed by atoms with Gasteiger partial charge < -0.3 is 10.6 Å². The summed E-state index contributed by atoms with van der Waals surface area (Å²) in [5, 5.41) is 12.3. The van der Waals surface area contributed by atoms with E-state index < -0.39 is 5.91 Å². The molecule has 0 spiro atoms. The van der Waals surface area contributed by atoms with Gasteiger partial charge in [0, 0.05) is 16.7 Å². The summed E-state index contributed by atoms with van der Waals surface area (Å²) in [6.07, 6.45) is 1.09. The number of aromatic amines is 1. The van der Waals surface area contributed by atoms with E-state index in [0.717, 1.165) is 11.6 Å². The zero-order valence-corrected chi connectivity index (χ0v) is 11.8. The molecule has 0 aliphatic heterocycles. The van der Waals surface area contributed by atoms with E-state index in [4.69, 9.17) is 11.6 Å². The summed E-state index contributed by atoms with van der Waals surface area (Å²) in [7, 11) is 0.